The van der Waals surface area contributed by atoms with Gasteiger partial charge in [0.25, 0.3) is 0 Å². The molecule has 0 heterocycles. The fraction of sp³-hybridized carbons (Fsp3) is 0.273. The maximum absolute atomic E-state index is 11.1. The molecule has 0 fully saturated rings. The number of rotatable bonds is 3. The predicted molar refractivity (Wildman–Crippen MR) is 55.3 cm³/mol. The number of halogens is 1. The first-order valence-electron chi connectivity index (χ1n) is 4.24. The molecule has 0 bridgehead atoms. The molecule has 1 rings (SSSR count). The van der Waals surface area contributed by atoms with Gasteiger partial charge in [-0.2, -0.15) is 5.26 Å². The quantitative estimate of drug-likeness (QED) is 0.714. The van der Waals surface area contributed by atoms with E-state index in [-0.39, 0.29) is 18.1 Å². The summed E-state index contributed by atoms with van der Waals surface area (Å²) in [6, 6.07) is 7.54. The second-order valence-corrected chi connectivity index (χ2v) is 3.39. The van der Waals surface area contributed by atoms with Gasteiger partial charge in [-0.1, -0.05) is 12.1 Å². The molecule has 0 unspecified atom stereocenters. The Labute approximate surface area is 88.1 Å². The summed E-state index contributed by atoms with van der Waals surface area (Å²) in [6.07, 6.45) is 0.243. The highest BCUT2D eigenvalue weighted by Gasteiger charge is 2.06. The molecule has 0 aliphatic carbocycles. The molecular formula is C11H10ClNO. The second kappa shape index (κ2) is 4.78. The van der Waals surface area contributed by atoms with Crippen LogP contribution >= 0.6 is 11.6 Å². The van der Waals surface area contributed by atoms with Crippen molar-refractivity contribution in [1.82, 2.24) is 0 Å². The van der Waals surface area contributed by atoms with Gasteiger partial charge in [0, 0.05) is 6.42 Å². The minimum Gasteiger partial charge on any atom is -0.298 e. The molecule has 3 heteroatoms. The Morgan fingerprint density at radius 3 is 2.86 bits per heavy atom. The molecule has 0 saturated heterocycles. The third kappa shape index (κ3) is 2.58. The normalized spacial score (nSPS) is 9.50. The highest BCUT2D eigenvalue weighted by atomic mass is 35.5. The van der Waals surface area contributed by atoms with Crippen molar-refractivity contribution in [2.45, 2.75) is 13.3 Å². The van der Waals surface area contributed by atoms with Crippen LogP contribution in [0.4, 0.5) is 0 Å². The van der Waals surface area contributed by atoms with E-state index in [9.17, 15) is 4.79 Å². The summed E-state index contributed by atoms with van der Waals surface area (Å²) >= 11 is 5.40. The van der Waals surface area contributed by atoms with Crippen molar-refractivity contribution < 1.29 is 4.79 Å². The number of alkyl halides is 1. The van der Waals surface area contributed by atoms with Crippen LogP contribution in [0.5, 0.6) is 0 Å². The van der Waals surface area contributed by atoms with Gasteiger partial charge in [0.2, 0.25) is 0 Å². The van der Waals surface area contributed by atoms with Gasteiger partial charge in [-0.3, -0.25) is 4.79 Å². The van der Waals surface area contributed by atoms with Gasteiger partial charge in [0.1, 0.15) is 0 Å². The van der Waals surface area contributed by atoms with E-state index in [2.05, 4.69) is 6.07 Å². The van der Waals surface area contributed by atoms with Crippen LogP contribution in [0.15, 0.2) is 18.2 Å². The maximum Gasteiger partial charge on any atom is 0.151 e. The standard InChI is InChI=1S/C11H10ClNO/c1-8-2-3-9(5-11(14)6-12)10(4-8)7-13/h2-4H,5-6H2,1H3. The summed E-state index contributed by atoms with van der Waals surface area (Å²) in [5, 5.41) is 8.83. The molecule has 0 aromatic heterocycles. The fourth-order valence-electron chi connectivity index (χ4n) is 1.21. The second-order valence-electron chi connectivity index (χ2n) is 3.12. The Morgan fingerprint density at radius 2 is 2.29 bits per heavy atom. The number of hydrogen-bond donors (Lipinski definition) is 0. The number of benzene rings is 1. The number of Topliss-reactive ketones (excluding diaryl/α,β-unsaturated/α-hetero) is 1. The predicted octanol–water partition coefficient (Wildman–Crippen LogP) is 2.22. The highest BCUT2D eigenvalue weighted by molar-refractivity contribution is 6.27. The number of carbonyl (C=O) groups excluding carboxylic acids is 1. The SMILES string of the molecule is Cc1ccc(CC(=O)CCl)c(C#N)c1. The molecule has 1 aromatic rings. The molecule has 0 radical (unpaired) electrons. The minimum absolute atomic E-state index is 0.00125. The lowest BCUT2D eigenvalue weighted by molar-refractivity contribution is -0.116. The summed E-state index contributed by atoms with van der Waals surface area (Å²) in [7, 11) is 0. The molecule has 72 valence electrons. The van der Waals surface area contributed by atoms with Crippen LogP contribution in [0.2, 0.25) is 0 Å². The molecular weight excluding hydrogens is 198 g/mol. The maximum atomic E-state index is 11.1. The van der Waals surface area contributed by atoms with Crippen LogP contribution in [-0.2, 0) is 11.2 Å². The van der Waals surface area contributed by atoms with E-state index in [0.717, 1.165) is 11.1 Å². The van der Waals surface area contributed by atoms with Crippen molar-refractivity contribution >= 4 is 17.4 Å². The van der Waals surface area contributed by atoms with Crippen LogP contribution < -0.4 is 0 Å². The van der Waals surface area contributed by atoms with Gasteiger partial charge in [-0.15, -0.1) is 11.6 Å². The first kappa shape index (κ1) is 10.7. The Hall–Kier alpha value is -1.33. The van der Waals surface area contributed by atoms with E-state index < -0.39 is 0 Å². The minimum atomic E-state index is -0.0629. The molecule has 0 amide bonds. The van der Waals surface area contributed by atoms with Crippen molar-refractivity contribution in [3.05, 3.63) is 34.9 Å². The molecule has 0 aliphatic rings. The Bertz CT molecular complexity index is 393. The molecule has 0 saturated carbocycles. The molecule has 0 atom stereocenters. The van der Waals surface area contributed by atoms with Gasteiger partial charge >= 0.3 is 0 Å². The molecule has 1 aromatic carbocycles. The van der Waals surface area contributed by atoms with Gasteiger partial charge in [0.05, 0.1) is 17.5 Å². The van der Waals surface area contributed by atoms with Gasteiger partial charge in [-0.05, 0) is 24.1 Å². The van der Waals surface area contributed by atoms with Crippen molar-refractivity contribution in [2.24, 2.45) is 0 Å². The zero-order valence-electron chi connectivity index (χ0n) is 7.88. The van der Waals surface area contributed by atoms with E-state index in [0.29, 0.717) is 5.56 Å². The third-order valence-corrected chi connectivity index (χ3v) is 2.22. The molecule has 2 nitrogen and oxygen atoms in total. The van der Waals surface area contributed by atoms with Crippen molar-refractivity contribution in [3.8, 4) is 6.07 Å². The van der Waals surface area contributed by atoms with E-state index in [1.807, 2.05) is 13.0 Å². The Morgan fingerprint density at radius 1 is 1.57 bits per heavy atom. The average Bonchev–Trinajstić information content (AvgIpc) is 2.20. The highest BCUT2D eigenvalue weighted by Crippen LogP contribution is 2.11. The number of carbonyl (C=O) groups is 1. The van der Waals surface area contributed by atoms with E-state index in [4.69, 9.17) is 16.9 Å². The monoisotopic (exact) mass is 207 g/mol. The third-order valence-electron chi connectivity index (χ3n) is 1.92. The summed E-state index contributed by atoms with van der Waals surface area (Å²) in [6.45, 7) is 1.91. The van der Waals surface area contributed by atoms with Crippen molar-refractivity contribution in [3.63, 3.8) is 0 Å². The lowest BCUT2D eigenvalue weighted by atomic mass is 10.0. The molecule has 0 spiro atoms. The van der Waals surface area contributed by atoms with Crippen molar-refractivity contribution in [1.29, 1.82) is 5.26 Å². The van der Waals surface area contributed by atoms with Crippen molar-refractivity contribution in [2.75, 3.05) is 5.88 Å². The number of nitrogens with zero attached hydrogens (tertiary/aromatic N) is 1. The molecule has 0 N–H and O–H groups in total. The molecule has 14 heavy (non-hydrogen) atoms. The Kier molecular flexibility index (Phi) is 3.67. The van der Waals surface area contributed by atoms with Crippen LogP contribution in [-0.4, -0.2) is 11.7 Å². The van der Waals surface area contributed by atoms with E-state index in [1.54, 1.807) is 12.1 Å². The number of aryl methyl sites for hydroxylation is 1. The smallest absolute Gasteiger partial charge is 0.151 e. The van der Waals surface area contributed by atoms with Crippen LogP contribution in [0.25, 0.3) is 0 Å². The van der Waals surface area contributed by atoms with Gasteiger partial charge in [-0.25, -0.2) is 0 Å². The Balaban J connectivity index is 2.98. The number of nitriles is 1. The number of hydrogen-bond acceptors (Lipinski definition) is 2. The summed E-state index contributed by atoms with van der Waals surface area (Å²) in [5.41, 5.74) is 2.33. The summed E-state index contributed by atoms with van der Waals surface area (Å²) in [5.74, 6) is -0.0642. The van der Waals surface area contributed by atoms with Gasteiger partial charge in [0.15, 0.2) is 5.78 Å². The summed E-state index contributed by atoms with van der Waals surface area (Å²) < 4.78 is 0. The molecule has 0 aliphatic heterocycles. The zero-order valence-corrected chi connectivity index (χ0v) is 8.64. The van der Waals surface area contributed by atoms with Crippen LogP contribution in [0, 0.1) is 18.3 Å². The lowest BCUT2D eigenvalue weighted by Gasteiger charge is -2.02. The van der Waals surface area contributed by atoms with Gasteiger partial charge < -0.3 is 0 Å². The first-order chi connectivity index (χ1) is 6.67. The fourth-order valence-corrected chi connectivity index (χ4v) is 1.30. The zero-order chi connectivity index (χ0) is 10.6. The van der Waals surface area contributed by atoms with E-state index in [1.165, 1.54) is 0 Å². The van der Waals surface area contributed by atoms with Crippen LogP contribution in [0.1, 0.15) is 16.7 Å². The topological polar surface area (TPSA) is 40.9 Å². The summed E-state index contributed by atoms with van der Waals surface area (Å²) in [4.78, 5) is 11.1. The number of ketones is 1. The van der Waals surface area contributed by atoms with Crippen LogP contribution in [0.3, 0.4) is 0 Å². The largest absolute Gasteiger partial charge is 0.298 e. The lowest BCUT2D eigenvalue weighted by Crippen LogP contribution is -2.05. The first-order valence-corrected chi connectivity index (χ1v) is 4.78. The average molecular weight is 208 g/mol. The van der Waals surface area contributed by atoms with E-state index >= 15 is 0 Å².